The zero-order chi connectivity index (χ0) is 53.2. The van der Waals surface area contributed by atoms with E-state index in [0.29, 0.717) is 37.7 Å². The summed E-state index contributed by atoms with van der Waals surface area (Å²) in [6, 6.07) is 0. The lowest BCUT2D eigenvalue weighted by atomic mass is 9.46. The Morgan fingerprint density at radius 1 is 0.676 bits per heavy atom. The molecule has 0 aromatic carbocycles. The molecule has 24 heteroatoms. The van der Waals surface area contributed by atoms with Crippen molar-refractivity contribution in [3.8, 4) is 0 Å². The molecule has 3 saturated carbocycles. The molecule has 9 fully saturated rings. The van der Waals surface area contributed by atoms with Gasteiger partial charge < -0.3 is 119 Å². The molecule has 0 radical (unpaired) electrons. The first-order valence-electron chi connectivity index (χ1n) is 26.3. The molecule has 4 aliphatic carbocycles. The van der Waals surface area contributed by atoms with E-state index in [1.165, 1.54) is 13.8 Å². The van der Waals surface area contributed by atoms with Crippen LogP contribution in [0.25, 0.3) is 0 Å². The third kappa shape index (κ3) is 8.92. The summed E-state index contributed by atoms with van der Waals surface area (Å²) in [6.45, 7) is 9.52. The van der Waals surface area contributed by atoms with Gasteiger partial charge in [0.15, 0.2) is 25.2 Å². The van der Waals surface area contributed by atoms with Crippen molar-refractivity contribution in [3.63, 3.8) is 0 Å². The molecule has 10 rings (SSSR count). The first-order chi connectivity index (χ1) is 35.0. The van der Waals surface area contributed by atoms with Gasteiger partial charge in [0.25, 0.3) is 0 Å². The van der Waals surface area contributed by atoms with E-state index in [1.807, 2.05) is 0 Å². The summed E-state index contributed by atoms with van der Waals surface area (Å²) in [5.41, 5.74) is 0.000160. The van der Waals surface area contributed by atoms with Gasteiger partial charge in [-0.3, -0.25) is 0 Å². The van der Waals surface area contributed by atoms with Crippen molar-refractivity contribution in [2.24, 2.45) is 40.4 Å². The van der Waals surface area contributed by atoms with Crippen LogP contribution in [0.15, 0.2) is 23.8 Å². The highest BCUT2D eigenvalue weighted by Crippen LogP contribution is 2.71. The maximum absolute atomic E-state index is 12.2. The van der Waals surface area contributed by atoms with E-state index in [-0.39, 0.29) is 36.7 Å². The van der Waals surface area contributed by atoms with Crippen LogP contribution >= 0.6 is 0 Å². The van der Waals surface area contributed by atoms with Crippen LogP contribution in [0.4, 0.5) is 0 Å². The molecule has 2 unspecified atom stereocenters. The van der Waals surface area contributed by atoms with Crippen molar-refractivity contribution in [1.29, 1.82) is 0 Å². The first-order valence-corrected chi connectivity index (χ1v) is 26.3. The summed E-state index contributed by atoms with van der Waals surface area (Å²) < 4.78 is 62.3. The Hall–Kier alpha value is -1.48. The smallest absolute Gasteiger partial charge is 0.203 e. The van der Waals surface area contributed by atoms with Crippen molar-refractivity contribution < 1.29 is 119 Å². The SMILES string of the molecule is C=C1CO[C@@]2(O[C@H]3CC4[C@@H]5CC=C6C[C@@H](O)C[C@@H](O[C@@H]7O[C@H](CO)[C@@H](O)[C@H](O[C@@H]8OC[C@@H](O)[C@H](O)[C@H]8O)[C@H]7O[C@@H]7O[C@@H](C)[C@H](O)[C@@H](O)[C@H]7O)[C@]6(C)C5CC[C@]4(C)[C@H]3[C@@H]2CO)[C@@H](O)[C@H]1O[C@@H]1O[C@H](C)[C@H](O)[C@H](O)[C@H]1O. The molecule has 6 saturated heterocycles. The van der Waals surface area contributed by atoms with Crippen molar-refractivity contribution in [3.05, 3.63) is 23.8 Å². The molecule has 6 aliphatic heterocycles. The monoisotopic (exact) mass is 1060 g/mol. The quantitative estimate of drug-likeness (QED) is 0.0917. The van der Waals surface area contributed by atoms with Crippen LogP contribution in [-0.2, 0) is 47.4 Å². The molecule has 0 amide bonds. The highest BCUT2D eigenvalue weighted by Gasteiger charge is 2.73. The predicted molar refractivity (Wildman–Crippen MR) is 245 cm³/mol. The van der Waals surface area contributed by atoms with Crippen molar-refractivity contribution in [1.82, 2.24) is 0 Å². The van der Waals surface area contributed by atoms with Gasteiger partial charge in [0, 0.05) is 23.7 Å². The molecular formula is C50H78O24. The van der Waals surface area contributed by atoms with E-state index in [1.54, 1.807) is 0 Å². The van der Waals surface area contributed by atoms with E-state index in [9.17, 15) is 71.5 Å². The fourth-order valence-corrected chi connectivity index (χ4v) is 15.2. The van der Waals surface area contributed by atoms with Gasteiger partial charge in [0.05, 0.1) is 56.9 Å². The molecule has 24 nitrogen and oxygen atoms in total. The van der Waals surface area contributed by atoms with Crippen LogP contribution < -0.4 is 0 Å². The number of aliphatic hydroxyl groups is 14. The fourth-order valence-electron chi connectivity index (χ4n) is 15.2. The fraction of sp³-hybridized carbons (Fsp3) is 0.920. The Morgan fingerprint density at radius 2 is 1.31 bits per heavy atom. The van der Waals surface area contributed by atoms with Crippen LogP contribution in [0.5, 0.6) is 0 Å². The number of aliphatic hydroxyl groups excluding tert-OH is 14. The summed E-state index contributed by atoms with van der Waals surface area (Å²) in [5, 5.41) is 153. The van der Waals surface area contributed by atoms with E-state index in [0.717, 1.165) is 5.57 Å². The lowest BCUT2D eigenvalue weighted by molar-refractivity contribution is -0.393. The van der Waals surface area contributed by atoms with Crippen molar-refractivity contribution in [2.75, 3.05) is 26.4 Å². The molecular weight excluding hydrogens is 985 g/mol. The second kappa shape index (κ2) is 20.9. The highest BCUT2D eigenvalue weighted by molar-refractivity contribution is 5.29. The van der Waals surface area contributed by atoms with Gasteiger partial charge in [0.2, 0.25) is 5.79 Å². The lowest BCUT2D eigenvalue weighted by Gasteiger charge is -2.61. The lowest BCUT2D eigenvalue weighted by Crippen LogP contribution is -2.67. The van der Waals surface area contributed by atoms with Crippen LogP contribution in [0, 0.1) is 40.4 Å². The van der Waals surface area contributed by atoms with Crippen LogP contribution in [-0.4, -0.2) is 251 Å². The van der Waals surface area contributed by atoms with Crippen LogP contribution in [0.3, 0.4) is 0 Å². The van der Waals surface area contributed by atoms with Crippen molar-refractivity contribution >= 4 is 0 Å². The maximum atomic E-state index is 12.2. The number of ether oxygens (including phenoxy) is 10. The van der Waals surface area contributed by atoms with Gasteiger partial charge >= 0.3 is 0 Å². The topological polar surface area (TPSA) is 376 Å². The summed E-state index contributed by atoms with van der Waals surface area (Å²) in [7, 11) is 0. The normalized spacial score (nSPS) is 57.6. The third-order valence-corrected chi connectivity index (χ3v) is 19.3. The van der Waals surface area contributed by atoms with E-state index in [4.69, 9.17) is 47.4 Å². The number of fused-ring (bicyclic) bond motifs is 7. The first kappa shape index (κ1) is 55.8. The highest BCUT2D eigenvalue weighted by atomic mass is 16.8. The van der Waals surface area contributed by atoms with Crippen molar-refractivity contribution in [2.45, 2.75) is 219 Å². The second-order valence-corrected chi connectivity index (χ2v) is 23.3. The second-order valence-electron chi connectivity index (χ2n) is 23.3. The molecule has 6 heterocycles. The van der Waals surface area contributed by atoms with Gasteiger partial charge in [0.1, 0.15) is 91.6 Å². The molecule has 0 aromatic heterocycles. The largest absolute Gasteiger partial charge is 0.396 e. The minimum atomic E-state index is -1.85. The van der Waals surface area contributed by atoms with E-state index in [2.05, 4.69) is 26.5 Å². The summed E-state index contributed by atoms with van der Waals surface area (Å²) in [4.78, 5) is 0. The minimum absolute atomic E-state index is 0.00409. The van der Waals surface area contributed by atoms with Crippen LogP contribution in [0.2, 0.25) is 0 Å². The van der Waals surface area contributed by atoms with Gasteiger partial charge in [-0.05, 0) is 74.7 Å². The average Bonchev–Trinajstić information content (AvgIpc) is 3.86. The molecule has 10 aliphatic rings. The van der Waals surface area contributed by atoms with Gasteiger partial charge in [-0.2, -0.15) is 0 Å². The third-order valence-electron chi connectivity index (χ3n) is 19.3. The number of rotatable bonds is 10. The van der Waals surface area contributed by atoms with E-state index >= 15 is 0 Å². The van der Waals surface area contributed by atoms with Gasteiger partial charge in [-0.1, -0.05) is 32.1 Å². The summed E-state index contributed by atoms with van der Waals surface area (Å²) >= 11 is 0. The van der Waals surface area contributed by atoms with Gasteiger partial charge in [-0.25, -0.2) is 0 Å². The molecule has 0 bridgehead atoms. The molecule has 32 atom stereocenters. The Balaban J connectivity index is 0.922. The zero-order valence-corrected chi connectivity index (χ0v) is 41.9. The predicted octanol–water partition coefficient (Wildman–Crippen LogP) is -4.49. The average molecular weight is 1060 g/mol. The Labute approximate surface area is 427 Å². The molecule has 422 valence electrons. The minimum Gasteiger partial charge on any atom is -0.396 e. The summed E-state index contributed by atoms with van der Waals surface area (Å²) in [5.74, 6) is -2.87. The van der Waals surface area contributed by atoms with Gasteiger partial charge in [-0.15, -0.1) is 0 Å². The summed E-state index contributed by atoms with van der Waals surface area (Å²) in [6.07, 6.45) is -29.4. The Morgan fingerprint density at radius 3 is 1.96 bits per heavy atom. The Kier molecular flexibility index (Phi) is 15.7. The molecule has 0 aromatic rings. The number of hydrogen-bond donors (Lipinski definition) is 14. The molecule has 1 spiro atoms. The zero-order valence-electron chi connectivity index (χ0n) is 41.9. The molecule has 14 N–H and O–H groups in total. The number of allylic oxidation sites excluding steroid dienone is 1. The Bertz CT molecular complexity index is 2040. The maximum Gasteiger partial charge on any atom is 0.203 e. The van der Waals surface area contributed by atoms with E-state index < -0.39 is 190 Å². The molecule has 74 heavy (non-hydrogen) atoms. The number of hydrogen-bond acceptors (Lipinski definition) is 24. The standard InChI is InChI=1S/C50H78O24/c1-17-15-66-50(43(64)40(17)71-45-38(62)35(59)31(55)18(2)67-45)25(13-51)30-27(74-50)12-24-22-7-6-20-10-21(53)11-29(49(20,5)23(22)8-9-48(24,30)4)70-47-42(73-46-39(63)36(60)32(56)19(3)68-46)41(34(58)28(14-52)69-47)72-44-37(61)33(57)26(54)16-65-44/h6,18-19,21-47,51-64H,1,7-16H2,2-5H3/t18-,19+,21-,22-,23?,24?,25+,26-,27+,28-,29-,30+,31+,32+,33+,34-,35+,36-,37-,38-,39-,40+,41+,42-,43+,44+,45+,46+,47+,48+,49+,50+/m1/s1. The van der Waals surface area contributed by atoms with Crippen LogP contribution in [0.1, 0.15) is 66.2 Å².